The van der Waals surface area contributed by atoms with Gasteiger partial charge in [0, 0.05) is 15.9 Å². The molecule has 0 bridgehead atoms. The molecule has 1 atom stereocenters. The fourth-order valence-electron chi connectivity index (χ4n) is 2.84. The lowest BCUT2D eigenvalue weighted by Gasteiger charge is -2.34. The molecule has 2 heteroatoms. The third-order valence-electron chi connectivity index (χ3n) is 3.78. The predicted octanol–water partition coefficient (Wildman–Crippen LogP) is 3.61. The van der Waals surface area contributed by atoms with Gasteiger partial charge in [-0.15, -0.1) is 0 Å². The molecule has 0 spiro atoms. The zero-order valence-corrected chi connectivity index (χ0v) is 10.8. The minimum Gasteiger partial charge on any atom is -0.327 e. The Hall–Kier alpha value is -0.340. The summed E-state index contributed by atoms with van der Waals surface area (Å²) in [4.78, 5) is 0. The second-order valence-corrected chi connectivity index (χ2v) is 5.49. The standard InChI is InChI=1S/C13H18BrN/c1-10(15)13(8-4-5-9-13)11-6-2-3-7-12(11)14/h2-3,6-7,10H,4-5,8-9,15H2,1H3. The van der Waals surface area contributed by atoms with E-state index in [9.17, 15) is 0 Å². The predicted molar refractivity (Wildman–Crippen MR) is 67.9 cm³/mol. The molecule has 0 radical (unpaired) electrons. The van der Waals surface area contributed by atoms with Gasteiger partial charge in [0.25, 0.3) is 0 Å². The molecule has 0 aliphatic heterocycles. The third-order valence-corrected chi connectivity index (χ3v) is 4.47. The molecule has 1 fully saturated rings. The number of rotatable bonds is 2. The first kappa shape index (κ1) is 11.2. The van der Waals surface area contributed by atoms with Crippen LogP contribution in [0.3, 0.4) is 0 Å². The van der Waals surface area contributed by atoms with Gasteiger partial charge in [0.1, 0.15) is 0 Å². The highest BCUT2D eigenvalue weighted by Gasteiger charge is 2.39. The second kappa shape index (κ2) is 4.26. The summed E-state index contributed by atoms with van der Waals surface area (Å²) >= 11 is 3.65. The number of nitrogens with two attached hydrogens (primary N) is 1. The van der Waals surface area contributed by atoms with Crippen LogP contribution >= 0.6 is 15.9 Å². The monoisotopic (exact) mass is 267 g/mol. The fraction of sp³-hybridized carbons (Fsp3) is 0.538. The van der Waals surface area contributed by atoms with Gasteiger partial charge in [-0.2, -0.15) is 0 Å². The van der Waals surface area contributed by atoms with Crippen LogP contribution in [0, 0.1) is 0 Å². The highest BCUT2D eigenvalue weighted by molar-refractivity contribution is 9.10. The van der Waals surface area contributed by atoms with Crippen molar-refractivity contribution in [3.05, 3.63) is 34.3 Å². The average Bonchev–Trinajstić information content (AvgIpc) is 2.68. The zero-order chi connectivity index (χ0) is 10.9. The molecule has 1 aliphatic carbocycles. The van der Waals surface area contributed by atoms with Crippen molar-refractivity contribution < 1.29 is 0 Å². The molecule has 2 N–H and O–H groups in total. The summed E-state index contributed by atoms with van der Waals surface area (Å²) in [5, 5.41) is 0. The van der Waals surface area contributed by atoms with Crippen LogP contribution in [0.15, 0.2) is 28.7 Å². The molecule has 1 unspecified atom stereocenters. The van der Waals surface area contributed by atoms with Crippen molar-refractivity contribution in [1.29, 1.82) is 0 Å². The van der Waals surface area contributed by atoms with Crippen molar-refractivity contribution in [2.75, 3.05) is 0 Å². The van der Waals surface area contributed by atoms with Crippen LogP contribution in [0.4, 0.5) is 0 Å². The molecule has 82 valence electrons. The maximum absolute atomic E-state index is 6.21. The van der Waals surface area contributed by atoms with Crippen molar-refractivity contribution in [3.8, 4) is 0 Å². The van der Waals surface area contributed by atoms with Gasteiger partial charge in [-0.3, -0.25) is 0 Å². The van der Waals surface area contributed by atoms with Gasteiger partial charge < -0.3 is 5.73 Å². The molecule has 1 aromatic carbocycles. The Bertz CT molecular complexity index is 340. The Morgan fingerprint density at radius 2 is 1.87 bits per heavy atom. The Kier molecular flexibility index (Phi) is 3.17. The van der Waals surface area contributed by atoms with Crippen LogP contribution < -0.4 is 5.73 Å². The van der Waals surface area contributed by atoms with Crippen LogP contribution in [0.25, 0.3) is 0 Å². The number of benzene rings is 1. The summed E-state index contributed by atoms with van der Waals surface area (Å²) in [6.45, 7) is 2.14. The lowest BCUT2D eigenvalue weighted by atomic mass is 9.74. The van der Waals surface area contributed by atoms with E-state index in [4.69, 9.17) is 5.73 Å². The summed E-state index contributed by atoms with van der Waals surface area (Å²) < 4.78 is 1.21. The van der Waals surface area contributed by atoms with Gasteiger partial charge in [0.05, 0.1) is 0 Å². The molecule has 0 aromatic heterocycles. The lowest BCUT2D eigenvalue weighted by molar-refractivity contribution is 0.367. The van der Waals surface area contributed by atoms with E-state index in [1.54, 1.807) is 0 Å². The van der Waals surface area contributed by atoms with E-state index in [1.165, 1.54) is 35.7 Å². The number of hydrogen-bond donors (Lipinski definition) is 1. The third kappa shape index (κ3) is 1.85. The first-order valence-corrected chi connectivity index (χ1v) is 6.47. The molecule has 0 amide bonds. The van der Waals surface area contributed by atoms with E-state index >= 15 is 0 Å². The van der Waals surface area contributed by atoms with Crippen LogP contribution in [0.5, 0.6) is 0 Å². The van der Waals surface area contributed by atoms with Crippen LogP contribution in [0.1, 0.15) is 38.2 Å². The van der Waals surface area contributed by atoms with Crippen molar-refractivity contribution in [3.63, 3.8) is 0 Å². The first-order chi connectivity index (χ1) is 7.17. The lowest BCUT2D eigenvalue weighted by Crippen LogP contribution is -2.41. The summed E-state index contributed by atoms with van der Waals surface area (Å²) in [5.41, 5.74) is 7.82. The Morgan fingerprint density at radius 1 is 1.27 bits per heavy atom. The van der Waals surface area contributed by atoms with Crippen LogP contribution in [0.2, 0.25) is 0 Å². The summed E-state index contributed by atoms with van der Waals surface area (Å²) in [5.74, 6) is 0. The Morgan fingerprint density at radius 3 is 2.40 bits per heavy atom. The minimum absolute atomic E-state index is 0.208. The van der Waals surface area contributed by atoms with E-state index in [1.807, 2.05) is 0 Å². The maximum atomic E-state index is 6.21. The maximum Gasteiger partial charge on any atom is 0.0213 e. The topological polar surface area (TPSA) is 26.0 Å². The van der Waals surface area contributed by atoms with Crippen LogP contribution in [-0.4, -0.2) is 6.04 Å². The normalized spacial score (nSPS) is 21.5. The van der Waals surface area contributed by atoms with Gasteiger partial charge in [-0.1, -0.05) is 47.0 Å². The van der Waals surface area contributed by atoms with E-state index in [-0.39, 0.29) is 11.5 Å². The molecule has 15 heavy (non-hydrogen) atoms. The van der Waals surface area contributed by atoms with E-state index in [0.29, 0.717) is 0 Å². The largest absolute Gasteiger partial charge is 0.327 e. The molecule has 0 heterocycles. The Labute approximate surface area is 100 Å². The number of hydrogen-bond acceptors (Lipinski definition) is 1. The fourth-order valence-corrected chi connectivity index (χ4v) is 3.52. The molecule has 0 saturated heterocycles. The average molecular weight is 268 g/mol. The SMILES string of the molecule is CC(N)C1(c2ccccc2Br)CCCC1. The quantitative estimate of drug-likeness (QED) is 0.871. The molecule has 1 aliphatic rings. The first-order valence-electron chi connectivity index (χ1n) is 5.67. The molecule has 2 rings (SSSR count). The second-order valence-electron chi connectivity index (χ2n) is 4.63. The number of halogens is 1. The van der Waals surface area contributed by atoms with Crippen molar-refractivity contribution in [1.82, 2.24) is 0 Å². The molecular weight excluding hydrogens is 250 g/mol. The zero-order valence-electron chi connectivity index (χ0n) is 9.17. The van der Waals surface area contributed by atoms with E-state index in [2.05, 4.69) is 47.1 Å². The van der Waals surface area contributed by atoms with Crippen LogP contribution in [-0.2, 0) is 5.41 Å². The van der Waals surface area contributed by atoms with E-state index < -0.39 is 0 Å². The minimum atomic E-state index is 0.208. The Balaban J connectivity index is 2.46. The van der Waals surface area contributed by atoms with Gasteiger partial charge in [-0.25, -0.2) is 0 Å². The van der Waals surface area contributed by atoms with Gasteiger partial charge in [0.2, 0.25) is 0 Å². The van der Waals surface area contributed by atoms with Gasteiger partial charge in [0.15, 0.2) is 0 Å². The highest BCUT2D eigenvalue weighted by atomic mass is 79.9. The molecular formula is C13H18BrN. The highest BCUT2D eigenvalue weighted by Crippen LogP contribution is 2.45. The van der Waals surface area contributed by atoms with Crippen molar-refractivity contribution in [2.24, 2.45) is 5.73 Å². The van der Waals surface area contributed by atoms with Crippen molar-refractivity contribution in [2.45, 2.75) is 44.1 Å². The summed E-state index contributed by atoms with van der Waals surface area (Å²) in [7, 11) is 0. The van der Waals surface area contributed by atoms with Crippen molar-refractivity contribution >= 4 is 15.9 Å². The molecule has 1 saturated carbocycles. The summed E-state index contributed by atoms with van der Waals surface area (Å²) in [6.07, 6.45) is 5.08. The smallest absolute Gasteiger partial charge is 0.0213 e. The summed E-state index contributed by atoms with van der Waals surface area (Å²) in [6, 6.07) is 8.76. The van der Waals surface area contributed by atoms with E-state index in [0.717, 1.165) is 0 Å². The van der Waals surface area contributed by atoms with Gasteiger partial charge >= 0.3 is 0 Å². The van der Waals surface area contributed by atoms with Gasteiger partial charge in [-0.05, 0) is 31.4 Å². The molecule has 1 aromatic rings. The molecule has 1 nitrogen and oxygen atoms in total.